The third kappa shape index (κ3) is 6.09. The molecule has 0 saturated carbocycles. The molecule has 0 spiro atoms. The summed E-state index contributed by atoms with van der Waals surface area (Å²) in [5.41, 5.74) is 7.34. The molecule has 0 aliphatic carbocycles. The summed E-state index contributed by atoms with van der Waals surface area (Å²) in [7, 11) is 0. The van der Waals surface area contributed by atoms with E-state index in [1.165, 1.54) is 6.07 Å². The number of halogens is 3. The van der Waals surface area contributed by atoms with E-state index in [0.29, 0.717) is 6.42 Å². The lowest BCUT2D eigenvalue weighted by molar-refractivity contribution is -0.139. The number of aliphatic hydroxyl groups is 1. The Morgan fingerprint density at radius 3 is 2.28 bits per heavy atom. The van der Waals surface area contributed by atoms with Crippen molar-refractivity contribution < 1.29 is 27.8 Å². The number of amides is 1. The van der Waals surface area contributed by atoms with Gasteiger partial charge >= 0.3 is 6.18 Å². The Hall–Kier alpha value is -3.36. The molecule has 3 aromatic rings. The van der Waals surface area contributed by atoms with Crippen molar-refractivity contribution in [1.82, 2.24) is 0 Å². The molecule has 1 atom stereocenters. The van der Waals surface area contributed by atoms with Crippen LogP contribution < -0.4 is 15.8 Å². The zero-order chi connectivity index (χ0) is 23.1. The van der Waals surface area contributed by atoms with E-state index in [1.54, 1.807) is 0 Å². The van der Waals surface area contributed by atoms with Crippen molar-refractivity contribution in [2.24, 2.45) is 5.73 Å². The minimum atomic E-state index is -4.67. The predicted molar refractivity (Wildman–Crippen MR) is 116 cm³/mol. The number of anilines is 1. The van der Waals surface area contributed by atoms with Crippen LogP contribution in [0.25, 0.3) is 11.1 Å². The molecule has 3 rings (SSSR count). The number of nitrogens with one attached hydrogen (secondary N) is 1. The maximum absolute atomic E-state index is 13.5. The van der Waals surface area contributed by atoms with Gasteiger partial charge in [-0.05, 0) is 34.9 Å². The van der Waals surface area contributed by atoms with Crippen LogP contribution >= 0.6 is 0 Å². The van der Waals surface area contributed by atoms with Crippen molar-refractivity contribution >= 4 is 11.6 Å². The summed E-state index contributed by atoms with van der Waals surface area (Å²) >= 11 is 0. The number of rotatable bonds is 8. The van der Waals surface area contributed by atoms with Gasteiger partial charge < -0.3 is 20.9 Å². The van der Waals surface area contributed by atoms with E-state index in [4.69, 9.17) is 15.6 Å². The Morgan fingerprint density at radius 2 is 1.66 bits per heavy atom. The van der Waals surface area contributed by atoms with E-state index in [-0.39, 0.29) is 18.0 Å². The average Bonchev–Trinajstić information content (AvgIpc) is 2.79. The highest BCUT2D eigenvalue weighted by molar-refractivity contribution is 5.94. The smallest absolute Gasteiger partial charge is 0.420 e. The molecule has 0 heterocycles. The second-order valence-electron chi connectivity index (χ2n) is 7.15. The summed E-state index contributed by atoms with van der Waals surface area (Å²) in [5, 5.41) is 11.1. The van der Waals surface area contributed by atoms with Gasteiger partial charge in [0.1, 0.15) is 11.8 Å². The Balaban J connectivity index is 1.65. The number of ether oxygens (including phenoxy) is 1. The van der Waals surface area contributed by atoms with Gasteiger partial charge in [0.05, 0.1) is 18.8 Å². The fourth-order valence-electron chi connectivity index (χ4n) is 3.05. The monoisotopic (exact) mass is 444 g/mol. The van der Waals surface area contributed by atoms with Gasteiger partial charge in [-0.1, -0.05) is 54.6 Å². The molecule has 0 fully saturated rings. The highest BCUT2D eigenvalue weighted by atomic mass is 19.4. The van der Waals surface area contributed by atoms with E-state index in [2.05, 4.69) is 5.32 Å². The van der Waals surface area contributed by atoms with Crippen molar-refractivity contribution in [2.75, 3.05) is 18.5 Å². The second-order valence-corrected chi connectivity index (χ2v) is 7.15. The number of hydrogen-bond donors (Lipinski definition) is 3. The van der Waals surface area contributed by atoms with Crippen LogP contribution in [0.1, 0.15) is 11.1 Å². The van der Waals surface area contributed by atoms with Crippen molar-refractivity contribution in [1.29, 1.82) is 0 Å². The zero-order valence-corrected chi connectivity index (χ0v) is 17.1. The Kier molecular flexibility index (Phi) is 7.50. The number of nitrogens with two attached hydrogens (primary N) is 1. The number of hydrogen-bond acceptors (Lipinski definition) is 4. The first-order valence-electron chi connectivity index (χ1n) is 9.93. The SMILES string of the molecule is N[C@@H](CO)C(=O)Nc1ccc(OCCc2ccc(-c3ccccc3)cc2)c(C(F)(F)F)c1. The maximum Gasteiger partial charge on any atom is 0.420 e. The molecule has 32 heavy (non-hydrogen) atoms. The topological polar surface area (TPSA) is 84.6 Å². The zero-order valence-electron chi connectivity index (χ0n) is 17.1. The number of carbonyl (C=O) groups excluding carboxylic acids is 1. The first-order chi connectivity index (χ1) is 15.3. The highest BCUT2D eigenvalue weighted by Gasteiger charge is 2.35. The molecule has 5 nitrogen and oxygen atoms in total. The molecule has 168 valence electrons. The molecule has 8 heteroatoms. The van der Waals surface area contributed by atoms with Gasteiger partial charge in [-0.2, -0.15) is 13.2 Å². The maximum atomic E-state index is 13.5. The average molecular weight is 444 g/mol. The second kappa shape index (κ2) is 10.3. The van der Waals surface area contributed by atoms with Crippen LogP contribution in [0.5, 0.6) is 5.75 Å². The third-order valence-electron chi connectivity index (χ3n) is 4.80. The van der Waals surface area contributed by atoms with Crippen molar-refractivity contribution in [2.45, 2.75) is 18.6 Å². The van der Waals surface area contributed by atoms with Crippen molar-refractivity contribution in [3.63, 3.8) is 0 Å². The van der Waals surface area contributed by atoms with Gasteiger partial charge in [0.25, 0.3) is 0 Å². The summed E-state index contributed by atoms with van der Waals surface area (Å²) in [6.45, 7) is -0.569. The van der Waals surface area contributed by atoms with E-state index in [1.807, 2.05) is 54.6 Å². The lowest BCUT2D eigenvalue weighted by Gasteiger charge is -2.16. The van der Waals surface area contributed by atoms with Gasteiger partial charge in [-0.15, -0.1) is 0 Å². The van der Waals surface area contributed by atoms with E-state index >= 15 is 0 Å². The van der Waals surface area contributed by atoms with Crippen LogP contribution in [0, 0.1) is 0 Å². The summed E-state index contributed by atoms with van der Waals surface area (Å²) in [6.07, 6.45) is -4.25. The van der Waals surface area contributed by atoms with E-state index in [0.717, 1.165) is 28.8 Å². The van der Waals surface area contributed by atoms with Gasteiger partial charge in [0.2, 0.25) is 5.91 Å². The molecule has 4 N–H and O–H groups in total. The molecule has 0 unspecified atom stereocenters. The molecule has 0 aliphatic heterocycles. The van der Waals surface area contributed by atoms with Crippen LogP contribution in [0.3, 0.4) is 0 Å². The predicted octanol–water partition coefficient (Wildman–Crippen LogP) is 4.25. The molecule has 0 aromatic heterocycles. The summed E-state index contributed by atoms with van der Waals surface area (Å²) in [5.74, 6) is -1.11. The van der Waals surface area contributed by atoms with Crippen molar-refractivity contribution in [3.05, 3.63) is 83.9 Å². The minimum absolute atomic E-state index is 0.0505. The van der Waals surface area contributed by atoms with Gasteiger partial charge in [-0.3, -0.25) is 4.79 Å². The Bertz CT molecular complexity index is 1040. The molecule has 0 radical (unpaired) electrons. The molecular formula is C24H23F3N2O3. The van der Waals surface area contributed by atoms with Crippen LogP contribution in [0.4, 0.5) is 18.9 Å². The van der Waals surface area contributed by atoms with Gasteiger partial charge in [-0.25, -0.2) is 0 Å². The fourth-order valence-corrected chi connectivity index (χ4v) is 3.05. The van der Waals surface area contributed by atoms with Crippen molar-refractivity contribution in [3.8, 4) is 16.9 Å². The molecular weight excluding hydrogens is 421 g/mol. The van der Waals surface area contributed by atoms with Crippen LogP contribution in [0.15, 0.2) is 72.8 Å². The first kappa shape index (κ1) is 23.3. The summed E-state index contributed by atoms with van der Waals surface area (Å²) in [6, 6.07) is 19.6. The molecule has 0 bridgehead atoms. The lowest BCUT2D eigenvalue weighted by Crippen LogP contribution is -2.38. The number of alkyl halides is 3. The van der Waals surface area contributed by atoms with Crippen LogP contribution in [-0.2, 0) is 17.4 Å². The standard InChI is InChI=1S/C24H23F3N2O3/c25-24(26,27)20-14-19(29-23(31)21(28)15-30)10-11-22(20)32-13-12-16-6-8-18(9-7-16)17-4-2-1-3-5-17/h1-11,14,21,30H,12-13,15,28H2,(H,29,31)/t21-/m0/s1. The normalized spacial score (nSPS) is 12.3. The molecule has 0 saturated heterocycles. The molecule has 1 amide bonds. The quantitative estimate of drug-likeness (QED) is 0.485. The van der Waals surface area contributed by atoms with Crippen LogP contribution in [-0.4, -0.2) is 30.3 Å². The number of benzene rings is 3. The van der Waals surface area contributed by atoms with E-state index in [9.17, 15) is 18.0 Å². The summed E-state index contributed by atoms with van der Waals surface area (Å²) < 4.78 is 45.9. The van der Waals surface area contributed by atoms with Gasteiger partial charge in [0.15, 0.2) is 0 Å². The summed E-state index contributed by atoms with van der Waals surface area (Å²) in [4.78, 5) is 11.7. The first-order valence-corrected chi connectivity index (χ1v) is 9.93. The Labute approximate surface area is 183 Å². The lowest BCUT2D eigenvalue weighted by atomic mass is 10.0. The Morgan fingerprint density at radius 1 is 1.00 bits per heavy atom. The fraction of sp³-hybridized carbons (Fsp3) is 0.208. The van der Waals surface area contributed by atoms with Gasteiger partial charge in [0, 0.05) is 12.1 Å². The third-order valence-corrected chi connectivity index (χ3v) is 4.80. The molecule has 0 aliphatic rings. The number of aliphatic hydroxyl groups excluding tert-OH is 1. The minimum Gasteiger partial charge on any atom is -0.493 e. The van der Waals surface area contributed by atoms with E-state index < -0.39 is 30.3 Å². The highest BCUT2D eigenvalue weighted by Crippen LogP contribution is 2.38. The van der Waals surface area contributed by atoms with Crippen LogP contribution in [0.2, 0.25) is 0 Å². The largest absolute Gasteiger partial charge is 0.493 e. The molecule has 3 aromatic carbocycles. The number of carbonyl (C=O) groups is 1.